The quantitative estimate of drug-likeness (QED) is 0.129. The van der Waals surface area contributed by atoms with E-state index in [9.17, 15) is 0 Å². The Morgan fingerprint density at radius 1 is 0.974 bits per heavy atom. The Morgan fingerprint density at radius 3 is 2.58 bits per heavy atom. The molecule has 4 nitrogen and oxygen atoms in total. The van der Waals surface area contributed by atoms with Gasteiger partial charge in [0.05, 0.1) is 22.4 Å². The lowest BCUT2D eigenvalue weighted by Crippen LogP contribution is -2.28. The Morgan fingerprint density at radius 2 is 1.76 bits per heavy atom. The van der Waals surface area contributed by atoms with Crippen molar-refractivity contribution in [2.24, 2.45) is 10.9 Å². The Balaban J connectivity index is 1.17. The first-order valence-electron chi connectivity index (χ1n) is 12.9. The number of para-hydroxylation sites is 1. The fraction of sp³-hybridized carbons (Fsp3) is 0.182. The molecule has 1 aliphatic carbocycles. The van der Waals surface area contributed by atoms with Gasteiger partial charge in [-0.25, -0.2) is 0 Å². The van der Waals surface area contributed by atoms with Crippen molar-refractivity contribution in [3.8, 4) is 11.5 Å². The number of methoxy groups -OCH3 is 1. The summed E-state index contributed by atoms with van der Waals surface area (Å²) in [4.78, 5) is 4.75. The van der Waals surface area contributed by atoms with Crippen molar-refractivity contribution >= 4 is 40.2 Å². The number of hydrogen-bond acceptors (Lipinski definition) is 4. The van der Waals surface area contributed by atoms with Crippen LogP contribution < -0.4 is 14.8 Å². The van der Waals surface area contributed by atoms with E-state index in [0.717, 1.165) is 32.6 Å². The Bertz CT molecular complexity index is 1480. The summed E-state index contributed by atoms with van der Waals surface area (Å²) in [5.74, 6) is 2.47. The van der Waals surface area contributed by atoms with Gasteiger partial charge in [-0.15, -0.1) is 0 Å². The molecule has 1 aliphatic heterocycles. The Kier molecular flexibility index (Phi) is 7.18. The number of allylic oxidation sites excluding steroid dienone is 2. The summed E-state index contributed by atoms with van der Waals surface area (Å²) in [7, 11) is 1.67. The second-order valence-corrected chi connectivity index (χ2v) is 10.9. The molecule has 0 fully saturated rings. The van der Waals surface area contributed by atoms with E-state index in [2.05, 4.69) is 107 Å². The fourth-order valence-corrected chi connectivity index (χ4v) is 6.26. The number of halogens is 1. The third-order valence-corrected chi connectivity index (χ3v) is 8.17. The zero-order valence-corrected chi connectivity index (χ0v) is 23.3. The van der Waals surface area contributed by atoms with Crippen LogP contribution in [0.4, 0.5) is 11.4 Å². The number of fused-ring (bicyclic) bond motifs is 3. The molecule has 3 atom stereocenters. The largest absolute Gasteiger partial charge is 0.493 e. The van der Waals surface area contributed by atoms with Crippen molar-refractivity contribution in [2.75, 3.05) is 12.4 Å². The van der Waals surface area contributed by atoms with Gasteiger partial charge in [0.1, 0.15) is 6.61 Å². The molecule has 190 valence electrons. The van der Waals surface area contributed by atoms with E-state index < -0.39 is 0 Å². The Labute approximate surface area is 237 Å². The molecule has 38 heavy (non-hydrogen) atoms. The minimum absolute atomic E-state index is 0.289. The predicted octanol–water partition coefficient (Wildman–Crippen LogP) is 8.46. The second kappa shape index (κ2) is 11.0. The maximum absolute atomic E-state index is 6.10. The van der Waals surface area contributed by atoms with E-state index in [-0.39, 0.29) is 6.04 Å². The van der Waals surface area contributed by atoms with Crippen molar-refractivity contribution in [3.63, 3.8) is 0 Å². The van der Waals surface area contributed by atoms with Crippen LogP contribution in [0.25, 0.3) is 0 Å². The van der Waals surface area contributed by atoms with E-state index in [1.54, 1.807) is 7.11 Å². The van der Waals surface area contributed by atoms with E-state index in [0.29, 0.717) is 24.2 Å². The van der Waals surface area contributed by atoms with Crippen LogP contribution in [0.2, 0.25) is 0 Å². The number of aliphatic imine (C=N–C) groups is 1. The molecule has 0 saturated heterocycles. The highest BCUT2D eigenvalue weighted by Crippen LogP contribution is 2.49. The molecule has 1 N–H and O–H groups in total. The van der Waals surface area contributed by atoms with Crippen LogP contribution in [0.1, 0.15) is 40.6 Å². The summed E-state index contributed by atoms with van der Waals surface area (Å²) >= 11 is 2.29. The number of hydrogen-bond donors (Lipinski definition) is 1. The third kappa shape index (κ3) is 5.07. The molecule has 0 unspecified atom stereocenters. The van der Waals surface area contributed by atoms with Crippen LogP contribution in [0.3, 0.4) is 0 Å². The first-order valence-corrected chi connectivity index (χ1v) is 14.0. The highest BCUT2D eigenvalue weighted by atomic mass is 127. The molecule has 0 radical (unpaired) electrons. The van der Waals surface area contributed by atoms with E-state index in [1.807, 2.05) is 30.5 Å². The number of benzene rings is 4. The minimum Gasteiger partial charge on any atom is -0.493 e. The summed E-state index contributed by atoms with van der Waals surface area (Å²) in [6, 6.07) is 31.8. The van der Waals surface area contributed by atoms with Gasteiger partial charge in [0, 0.05) is 17.8 Å². The van der Waals surface area contributed by atoms with Gasteiger partial charge in [0.2, 0.25) is 0 Å². The molecule has 5 heteroatoms. The van der Waals surface area contributed by atoms with Gasteiger partial charge in [-0.3, -0.25) is 4.99 Å². The van der Waals surface area contributed by atoms with Crippen LogP contribution >= 0.6 is 22.6 Å². The zero-order valence-electron chi connectivity index (χ0n) is 21.2. The SMILES string of the molecule is COc1cc(C=Nc2ccc([C@@H]3Nc4ccccc4[C@H]4C=CC[C@@H]43)cc2)cc(I)c1OCc1ccccc1. The number of anilines is 1. The van der Waals surface area contributed by atoms with Crippen LogP contribution in [0.5, 0.6) is 11.5 Å². The smallest absolute Gasteiger partial charge is 0.174 e. The van der Waals surface area contributed by atoms with E-state index in [1.165, 1.54) is 16.8 Å². The van der Waals surface area contributed by atoms with Crippen molar-refractivity contribution in [1.82, 2.24) is 0 Å². The molecule has 6 rings (SSSR count). The normalized spacial score (nSPS) is 19.6. The molecular weight excluding hydrogens is 583 g/mol. The fourth-order valence-electron chi connectivity index (χ4n) is 5.47. The molecule has 4 aromatic carbocycles. The molecule has 0 bridgehead atoms. The summed E-state index contributed by atoms with van der Waals surface area (Å²) in [6.07, 6.45) is 7.69. The average Bonchev–Trinajstić information content (AvgIpc) is 3.46. The third-order valence-electron chi connectivity index (χ3n) is 7.36. The second-order valence-electron chi connectivity index (χ2n) is 9.72. The van der Waals surface area contributed by atoms with Gasteiger partial charge in [-0.2, -0.15) is 0 Å². The standard InChI is InChI=1S/C33H29IN2O2/c1-37-31-19-23(18-29(34)33(31)38-21-22-8-3-2-4-9-22)20-35-25-16-14-24(15-17-25)32-28-12-7-11-26(28)27-10-5-6-13-30(27)36-32/h2-11,13-20,26,28,32,36H,12,21H2,1H3/t26-,28+,32+/m1/s1. The summed E-state index contributed by atoms with van der Waals surface area (Å²) in [6.45, 7) is 0.492. The monoisotopic (exact) mass is 612 g/mol. The first-order chi connectivity index (χ1) is 18.7. The van der Waals surface area contributed by atoms with E-state index >= 15 is 0 Å². The molecule has 0 saturated carbocycles. The Hall–Kier alpha value is -3.58. The molecule has 2 aliphatic rings. The average molecular weight is 613 g/mol. The zero-order chi connectivity index (χ0) is 25.9. The first kappa shape index (κ1) is 24.7. The van der Waals surface area contributed by atoms with Crippen LogP contribution in [0.15, 0.2) is 108 Å². The molecular formula is C33H29IN2O2. The number of nitrogens with one attached hydrogen (secondary N) is 1. The van der Waals surface area contributed by atoms with Crippen molar-refractivity contribution in [3.05, 3.63) is 129 Å². The topological polar surface area (TPSA) is 42.8 Å². The van der Waals surface area contributed by atoms with Gasteiger partial charge >= 0.3 is 0 Å². The highest BCUT2D eigenvalue weighted by molar-refractivity contribution is 14.1. The van der Waals surface area contributed by atoms with Gasteiger partial charge < -0.3 is 14.8 Å². The van der Waals surface area contributed by atoms with Gasteiger partial charge in [0.25, 0.3) is 0 Å². The lowest BCUT2D eigenvalue weighted by Gasteiger charge is -2.37. The predicted molar refractivity (Wildman–Crippen MR) is 163 cm³/mol. The van der Waals surface area contributed by atoms with Crippen LogP contribution in [-0.4, -0.2) is 13.3 Å². The molecule has 0 amide bonds. The summed E-state index contributed by atoms with van der Waals surface area (Å²) < 4.78 is 12.7. The molecule has 0 spiro atoms. The maximum atomic E-state index is 6.10. The number of rotatable bonds is 7. The number of nitrogens with zero attached hydrogens (tertiary/aromatic N) is 1. The molecule has 1 heterocycles. The lowest BCUT2D eigenvalue weighted by molar-refractivity contribution is 0.282. The van der Waals surface area contributed by atoms with Crippen LogP contribution in [0, 0.1) is 9.49 Å². The summed E-state index contributed by atoms with van der Waals surface area (Å²) in [5, 5.41) is 3.80. The van der Waals surface area contributed by atoms with Crippen LogP contribution in [-0.2, 0) is 6.61 Å². The van der Waals surface area contributed by atoms with E-state index in [4.69, 9.17) is 14.5 Å². The molecule has 4 aromatic rings. The molecule has 0 aromatic heterocycles. The minimum atomic E-state index is 0.289. The van der Waals surface area contributed by atoms with Gasteiger partial charge in [-0.1, -0.05) is 72.8 Å². The van der Waals surface area contributed by atoms with Crippen molar-refractivity contribution in [1.29, 1.82) is 0 Å². The van der Waals surface area contributed by atoms with Gasteiger partial charge in [-0.05, 0) is 87.5 Å². The van der Waals surface area contributed by atoms with Crippen molar-refractivity contribution in [2.45, 2.75) is 25.0 Å². The maximum Gasteiger partial charge on any atom is 0.174 e. The lowest BCUT2D eigenvalue weighted by atomic mass is 9.77. The summed E-state index contributed by atoms with van der Waals surface area (Å²) in [5.41, 5.74) is 6.95. The van der Waals surface area contributed by atoms with Gasteiger partial charge in [0.15, 0.2) is 11.5 Å². The van der Waals surface area contributed by atoms with Crippen molar-refractivity contribution < 1.29 is 9.47 Å². The highest BCUT2D eigenvalue weighted by Gasteiger charge is 2.37. The number of ether oxygens (including phenoxy) is 2.